The molecule has 308 valence electrons. The summed E-state index contributed by atoms with van der Waals surface area (Å²) in [5.74, 6) is -4.35. The van der Waals surface area contributed by atoms with Crippen molar-refractivity contribution in [3.8, 4) is 0 Å². The molecule has 0 amide bonds. The fourth-order valence-electron chi connectivity index (χ4n) is 3.07. The molecule has 19 heteroatoms. The van der Waals surface area contributed by atoms with E-state index < -0.39 is 86.3 Å². The molecule has 18 nitrogen and oxygen atoms in total. The number of carboxylic acid groups (broad SMARTS) is 4. The van der Waals surface area contributed by atoms with Crippen LogP contribution in [0.15, 0.2) is 24.3 Å². The molecule has 0 bridgehead atoms. The van der Waals surface area contributed by atoms with Crippen LogP contribution in [0.5, 0.6) is 0 Å². The summed E-state index contributed by atoms with van der Waals surface area (Å²) in [5.41, 5.74) is -1.89. The Hall–Kier alpha value is -2.68. The molecule has 0 aromatic rings. The molecule has 0 aliphatic rings. The number of aliphatic hydroxyl groups excluding tert-OH is 6. The van der Waals surface area contributed by atoms with Crippen LogP contribution in [0.3, 0.4) is 0 Å². The average Bonchev–Trinajstić information content (AvgIpc) is 3.09. The number of rotatable bonds is 26. The molecule has 0 aromatic heterocycles. The van der Waals surface area contributed by atoms with Crippen molar-refractivity contribution in [3.05, 3.63) is 24.3 Å². The van der Waals surface area contributed by atoms with Gasteiger partial charge in [-0.05, 0) is 39.5 Å². The molecule has 0 rings (SSSR count). The van der Waals surface area contributed by atoms with Gasteiger partial charge in [0.1, 0.15) is 13.2 Å². The fourth-order valence-corrected chi connectivity index (χ4v) is 3.07. The van der Waals surface area contributed by atoms with Crippen molar-refractivity contribution in [2.45, 2.75) is 90.9 Å². The predicted octanol–water partition coefficient (Wildman–Crippen LogP) is 0.214. The Labute approximate surface area is 340 Å². The number of hydrogen-bond donors (Lipinski definition) is 10. The van der Waals surface area contributed by atoms with Crippen LogP contribution in [-0.2, 0) is 38.2 Å². The van der Waals surface area contributed by atoms with E-state index in [2.05, 4.69) is 13.2 Å². The minimum absolute atomic E-state index is 0. The van der Waals surface area contributed by atoms with E-state index in [4.69, 9.17) is 60.5 Å². The predicted molar refractivity (Wildman–Crippen MR) is 193 cm³/mol. The van der Waals surface area contributed by atoms with Crippen LogP contribution < -0.4 is 0 Å². The van der Waals surface area contributed by atoms with Gasteiger partial charge in [-0.25, -0.2) is 9.59 Å². The number of carboxylic acids is 4. The summed E-state index contributed by atoms with van der Waals surface area (Å²) in [6, 6.07) is 0. The van der Waals surface area contributed by atoms with E-state index in [1.165, 1.54) is 13.8 Å². The van der Waals surface area contributed by atoms with E-state index in [9.17, 15) is 28.8 Å². The van der Waals surface area contributed by atoms with Gasteiger partial charge in [-0.2, -0.15) is 0 Å². The van der Waals surface area contributed by atoms with Crippen molar-refractivity contribution in [2.24, 2.45) is 10.8 Å². The van der Waals surface area contributed by atoms with E-state index in [0.717, 1.165) is 25.7 Å². The van der Waals surface area contributed by atoms with Crippen LogP contribution in [0.25, 0.3) is 0 Å². The number of aliphatic hydroxyl groups is 6. The third kappa shape index (κ3) is 38.8. The van der Waals surface area contributed by atoms with Crippen molar-refractivity contribution in [1.82, 2.24) is 0 Å². The first-order chi connectivity index (χ1) is 24.3. The van der Waals surface area contributed by atoms with E-state index in [-0.39, 0.29) is 87.8 Å². The summed E-state index contributed by atoms with van der Waals surface area (Å²) in [4.78, 5) is 62.1. The Balaban J connectivity index is -0.000000193. The average molecular weight is 799 g/mol. The first-order valence-corrected chi connectivity index (χ1v) is 16.5. The van der Waals surface area contributed by atoms with Gasteiger partial charge in [-0.15, -0.1) is 0 Å². The van der Waals surface area contributed by atoms with Gasteiger partial charge in [-0.3, -0.25) is 19.2 Å². The molecule has 0 aromatic carbocycles. The molecule has 0 saturated carbocycles. The topological polar surface area (TPSA) is 323 Å². The summed E-state index contributed by atoms with van der Waals surface area (Å²) in [6.45, 7) is 6.52. The van der Waals surface area contributed by atoms with Crippen LogP contribution in [-0.4, -0.2) is 177 Å². The van der Waals surface area contributed by atoms with E-state index in [0.29, 0.717) is 25.7 Å². The second-order valence-electron chi connectivity index (χ2n) is 12.1. The Kier molecular flexibility index (Phi) is 42.3. The molecule has 0 atom stereocenters. The number of aliphatic carboxylic acids is 4. The van der Waals surface area contributed by atoms with E-state index >= 15 is 0 Å². The van der Waals surface area contributed by atoms with Gasteiger partial charge in [0.2, 0.25) is 0 Å². The number of esters is 2. The van der Waals surface area contributed by atoms with Crippen LogP contribution in [0.2, 0.25) is 0 Å². The van der Waals surface area contributed by atoms with Gasteiger partial charge in [0, 0.05) is 36.8 Å². The van der Waals surface area contributed by atoms with Crippen molar-refractivity contribution in [1.29, 1.82) is 0 Å². The molecule has 0 radical (unpaired) electrons. The van der Waals surface area contributed by atoms with Crippen molar-refractivity contribution >= 4 is 73.6 Å². The van der Waals surface area contributed by atoms with Crippen molar-refractivity contribution in [3.63, 3.8) is 0 Å². The number of hydrogen-bond acceptors (Lipinski definition) is 14. The first-order valence-electron chi connectivity index (χ1n) is 16.5. The molecule has 0 spiro atoms. The number of carbonyl (C=O) groups excluding carboxylic acids is 2. The molecule has 0 saturated heterocycles. The van der Waals surface area contributed by atoms with Crippen molar-refractivity contribution in [2.75, 3.05) is 52.9 Å². The third-order valence-electron chi connectivity index (χ3n) is 6.79. The van der Waals surface area contributed by atoms with Crippen molar-refractivity contribution < 1.29 is 89.3 Å². The zero-order valence-electron chi connectivity index (χ0n) is 30.3. The molecule has 10 N–H and O–H groups in total. The van der Waals surface area contributed by atoms with Crippen LogP contribution >= 0.6 is 0 Å². The minimum atomic E-state index is -1.18. The normalized spacial score (nSPS) is 10.3. The second kappa shape index (κ2) is 37.6. The van der Waals surface area contributed by atoms with Gasteiger partial charge in [0.15, 0.2) is 0 Å². The Bertz CT molecular complexity index is 920. The maximum absolute atomic E-state index is 11.0. The third-order valence-corrected chi connectivity index (χ3v) is 6.79. The van der Waals surface area contributed by atoms with E-state index in [1.807, 2.05) is 0 Å². The zero-order chi connectivity index (χ0) is 41.2. The maximum atomic E-state index is 11.0. The quantitative estimate of drug-likeness (QED) is 0.0242. The summed E-state index contributed by atoms with van der Waals surface area (Å²) in [5, 5.41) is 86.4. The van der Waals surface area contributed by atoms with Gasteiger partial charge >= 0.3 is 73.6 Å². The van der Waals surface area contributed by atoms with Gasteiger partial charge in [0.25, 0.3) is 0 Å². The van der Waals surface area contributed by atoms with Crippen LogP contribution in [0.4, 0.5) is 0 Å². The summed E-state index contributed by atoms with van der Waals surface area (Å²) >= 11 is 0. The Morgan fingerprint density at radius 2 is 0.623 bits per heavy atom. The van der Waals surface area contributed by atoms with Crippen LogP contribution in [0.1, 0.15) is 90.9 Å². The van der Waals surface area contributed by atoms with Gasteiger partial charge < -0.3 is 60.5 Å². The fraction of sp³-hybridized carbons (Fsp3) is 0.706. The summed E-state index contributed by atoms with van der Waals surface area (Å²) < 4.78 is 9.45. The number of unbranched alkanes of at least 4 members (excludes halogenated alkanes) is 6. The molecular weight excluding hydrogens is 736 g/mol. The first kappa shape index (κ1) is 59.6. The molecule has 0 heterocycles. The Morgan fingerprint density at radius 1 is 0.434 bits per heavy atom. The van der Waals surface area contributed by atoms with Crippen LogP contribution in [0, 0.1) is 10.8 Å². The SMILES string of the molecule is C=C(C)C(=O)OCC(CO)(CO)CO.C=C(C)C(=O)OCC(CO)(CO)CO.O=C(O)CCCCCCC(=O)O.O=C(O)CCCCCCC(=O)O.[CaH2]. The van der Waals surface area contributed by atoms with Gasteiger partial charge in [-0.1, -0.05) is 38.8 Å². The monoisotopic (exact) mass is 798 g/mol. The number of carbonyl (C=O) groups is 6. The molecule has 0 fully saturated rings. The Morgan fingerprint density at radius 3 is 0.755 bits per heavy atom. The standard InChI is InChI=1S/2C9H16O5.2C8H14O4.Ca.2H/c2*1-7(2)8(13)14-6-9(3-10,4-11)5-12;2*9-7(10)5-3-1-2-4-6-8(11)12;;;/h2*10-12H,1,3-6H2,2H3;2*1-6H2,(H,9,10)(H,11,12);;;. The molecule has 53 heavy (non-hydrogen) atoms. The zero-order valence-corrected chi connectivity index (χ0v) is 30.3. The summed E-state index contributed by atoms with van der Waals surface area (Å²) in [7, 11) is 0. The number of ether oxygens (including phenoxy) is 2. The molecule has 0 aliphatic heterocycles. The van der Waals surface area contributed by atoms with E-state index in [1.54, 1.807) is 0 Å². The second-order valence-corrected chi connectivity index (χ2v) is 12.1. The molecule has 0 unspecified atom stereocenters. The molecule has 0 aliphatic carbocycles. The van der Waals surface area contributed by atoms with Gasteiger partial charge in [0.05, 0.1) is 50.5 Å². The molecular formula is C34H62CaO18. The summed E-state index contributed by atoms with van der Waals surface area (Å²) in [6.07, 6.45) is 6.56.